The number of hydrazine groups is 1. The van der Waals surface area contributed by atoms with Gasteiger partial charge >= 0.3 is 0 Å². The highest BCUT2D eigenvalue weighted by molar-refractivity contribution is 5.48. The van der Waals surface area contributed by atoms with Crippen molar-refractivity contribution >= 4 is 11.6 Å². The number of hydrogen-bond donors (Lipinski definition) is 2. The zero-order valence-electron chi connectivity index (χ0n) is 12.1. The smallest absolute Gasteiger partial charge is 0.145 e. The normalized spacial score (nSPS) is 11.1. The SMILES string of the molecule is CC(C)CCN(C)c1cc(NN)nc(C(C)C)n1. The summed E-state index contributed by atoms with van der Waals surface area (Å²) in [6.45, 7) is 9.58. The van der Waals surface area contributed by atoms with E-state index in [1.807, 2.05) is 6.07 Å². The molecule has 0 saturated carbocycles. The summed E-state index contributed by atoms with van der Waals surface area (Å²) in [7, 11) is 2.05. The van der Waals surface area contributed by atoms with Crippen LogP contribution in [0.5, 0.6) is 0 Å². The molecule has 0 unspecified atom stereocenters. The van der Waals surface area contributed by atoms with E-state index < -0.39 is 0 Å². The summed E-state index contributed by atoms with van der Waals surface area (Å²) in [6, 6.07) is 1.88. The van der Waals surface area contributed by atoms with E-state index in [1.165, 1.54) is 0 Å². The Morgan fingerprint density at radius 1 is 1.28 bits per heavy atom. The molecule has 0 bridgehead atoms. The summed E-state index contributed by atoms with van der Waals surface area (Å²) in [5.74, 6) is 8.83. The molecule has 0 radical (unpaired) electrons. The van der Waals surface area contributed by atoms with E-state index >= 15 is 0 Å². The van der Waals surface area contributed by atoms with Gasteiger partial charge in [-0.15, -0.1) is 0 Å². The fraction of sp³-hybridized carbons (Fsp3) is 0.692. The van der Waals surface area contributed by atoms with Crippen LogP contribution >= 0.6 is 0 Å². The van der Waals surface area contributed by atoms with Crippen LogP contribution < -0.4 is 16.2 Å². The van der Waals surface area contributed by atoms with Gasteiger partial charge in [0.05, 0.1) is 0 Å². The minimum Gasteiger partial charge on any atom is -0.359 e. The molecule has 102 valence electrons. The molecule has 5 heteroatoms. The van der Waals surface area contributed by atoms with E-state index in [4.69, 9.17) is 5.84 Å². The Bertz CT molecular complexity index is 376. The van der Waals surface area contributed by atoms with Gasteiger partial charge in [0.1, 0.15) is 17.5 Å². The Labute approximate surface area is 110 Å². The summed E-state index contributed by atoms with van der Waals surface area (Å²) in [4.78, 5) is 11.1. The third-order valence-corrected chi connectivity index (χ3v) is 2.83. The lowest BCUT2D eigenvalue weighted by molar-refractivity contribution is 0.582. The number of nitrogens with two attached hydrogens (primary N) is 1. The molecule has 18 heavy (non-hydrogen) atoms. The van der Waals surface area contributed by atoms with E-state index in [2.05, 4.69) is 55.0 Å². The van der Waals surface area contributed by atoms with Crippen molar-refractivity contribution in [1.82, 2.24) is 9.97 Å². The van der Waals surface area contributed by atoms with Crippen molar-refractivity contribution in [3.8, 4) is 0 Å². The first-order valence-corrected chi connectivity index (χ1v) is 6.50. The molecule has 0 atom stereocenters. The van der Waals surface area contributed by atoms with Crippen molar-refractivity contribution < 1.29 is 0 Å². The first-order chi connectivity index (χ1) is 8.43. The third-order valence-electron chi connectivity index (χ3n) is 2.83. The molecule has 0 amide bonds. The third kappa shape index (κ3) is 4.14. The predicted octanol–water partition coefficient (Wildman–Crippen LogP) is 2.37. The van der Waals surface area contributed by atoms with Gasteiger partial charge in [-0.3, -0.25) is 0 Å². The largest absolute Gasteiger partial charge is 0.359 e. The number of aromatic nitrogens is 2. The van der Waals surface area contributed by atoms with E-state index in [9.17, 15) is 0 Å². The van der Waals surface area contributed by atoms with E-state index in [0.717, 1.165) is 24.6 Å². The van der Waals surface area contributed by atoms with Crippen LogP contribution in [-0.4, -0.2) is 23.6 Å². The summed E-state index contributed by atoms with van der Waals surface area (Å²) < 4.78 is 0. The van der Waals surface area contributed by atoms with Crippen molar-refractivity contribution in [2.75, 3.05) is 23.9 Å². The molecule has 1 heterocycles. The first-order valence-electron chi connectivity index (χ1n) is 6.50. The molecule has 1 rings (SSSR count). The number of rotatable bonds is 6. The van der Waals surface area contributed by atoms with Gasteiger partial charge < -0.3 is 10.3 Å². The zero-order chi connectivity index (χ0) is 13.7. The van der Waals surface area contributed by atoms with Gasteiger partial charge in [-0.2, -0.15) is 0 Å². The second-order valence-corrected chi connectivity index (χ2v) is 5.37. The Kier molecular flexibility index (Phi) is 5.34. The molecule has 1 aromatic heterocycles. The van der Waals surface area contributed by atoms with Crippen molar-refractivity contribution in [1.29, 1.82) is 0 Å². The van der Waals surface area contributed by atoms with Crippen LogP contribution in [0.2, 0.25) is 0 Å². The minimum atomic E-state index is 0.288. The summed E-state index contributed by atoms with van der Waals surface area (Å²) in [5, 5.41) is 0. The predicted molar refractivity (Wildman–Crippen MR) is 76.7 cm³/mol. The molecule has 5 nitrogen and oxygen atoms in total. The number of nitrogens with one attached hydrogen (secondary N) is 1. The Balaban J connectivity index is 2.89. The number of nitrogens with zero attached hydrogens (tertiary/aromatic N) is 3. The van der Waals surface area contributed by atoms with Gasteiger partial charge in [0.2, 0.25) is 0 Å². The molecule has 0 aliphatic heterocycles. The Morgan fingerprint density at radius 2 is 1.94 bits per heavy atom. The topological polar surface area (TPSA) is 67.1 Å². The van der Waals surface area contributed by atoms with Crippen LogP contribution in [0.15, 0.2) is 6.07 Å². The highest BCUT2D eigenvalue weighted by atomic mass is 15.3. The van der Waals surface area contributed by atoms with E-state index in [-0.39, 0.29) is 5.92 Å². The highest BCUT2D eigenvalue weighted by Gasteiger charge is 2.10. The zero-order valence-corrected chi connectivity index (χ0v) is 12.1. The number of nitrogen functional groups attached to an aromatic ring is 1. The molecule has 0 aliphatic rings. The lowest BCUT2D eigenvalue weighted by Gasteiger charge is -2.21. The summed E-state index contributed by atoms with van der Waals surface area (Å²) >= 11 is 0. The van der Waals surface area contributed by atoms with Crippen molar-refractivity contribution in [3.05, 3.63) is 11.9 Å². The van der Waals surface area contributed by atoms with Crippen LogP contribution in [0.3, 0.4) is 0 Å². The maximum Gasteiger partial charge on any atom is 0.145 e. The standard InChI is InChI=1S/C13H25N5/c1-9(2)6-7-18(5)12-8-11(17-14)15-13(16-12)10(3)4/h8-10H,6-7,14H2,1-5H3,(H,15,16,17). The molecule has 0 spiro atoms. The van der Waals surface area contributed by atoms with Crippen LogP contribution in [0.4, 0.5) is 11.6 Å². The van der Waals surface area contributed by atoms with Crippen molar-refractivity contribution in [2.45, 2.75) is 40.0 Å². The van der Waals surface area contributed by atoms with Gasteiger partial charge in [0.15, 0.2) is 0 Å². The molecular weight excluding hydrogens is 226 g/mol. The molecule has 0 saturated heterocycles. The average Bonchev–Trinajstić information content (AvgIpc) is 2.35. The maximum absolute atomic E-state index is 5.45. The molecule has 0 aromatic carbocycles. The van der Waals surface area contributed by atoms with Gasteiger partial charge in [0, 0.05) is 25.6 Å². The second-order valence-electron chi connectivity index (χ2n) is 5.37. The first kappa shape index (κ1) is 14.7. The van der Waals surface area contributed by atoms with Crippen LogP contribution in [-0.2, 0) is 0 Å². The quantitative estimate of drug-likeness (QED) is 0.600. The monoisotopic (exact) mass is 251 g/mol. The van der Waals surface area contributed by atoms with Crippen LogP contribution in [0.1, 0.15) is 45.9 Å². The van der Waals surface area contributed by atoms with Crippen LogP contribution in [0, 0.1) is 5.92 Å². The van der Waals surface area contributed by atoms with E-state index in [1.54, 1.807) is 0 Å². The second kappa shape index (κ2) is 6.54. The fourth-order valence-electron chi connectivity index (χ4n) is 1.55. The fourth-order valence-corrected chi connectivity index (χ4v) is 1.55. The maximum atomic E-state index is 5.45. The molecule has 3 N–H and O–H groups in total. The van der Waals surface area contributed by atoms with Gasteiger partial charge in [-0.05, 0) is 12.3 Å². The van der Waals surface area contributed by atoms with Gasteiger partial charge in [0.25, 0.3) is 0 Å². The number of anilines is 2. The minimum absolute atomic E-state index is 0.288. The van der Waals surface area contributed by atoms with Crippen molar-refractivity contribution in [3.63, 3.8) is 0 Å². The molecular formula is C13H25N5. The molecule has 1 aromatic rings. The molecule has 0 fully saturated rings. The van der Waals surface area contributed by atoms with Gasteiger partial charge in [-0.1, -0.05) is 27.7 Å². The highest BCUT2D eigenvalue weighted by Crippen LogP contribution is 2.19. The summed E-state index contributed by atoms with van der Waals surface area (Å²) in [6.07, 6.45) is 1.14. The van der Waals surface area contributed by atoms with E-state index in [0.29, 0.717) is 11.7 Å². The van der Waals surface area contributed by atoms with Crippen LogP contribution in [0.25, 0.3) is 0 Å². The lowest BCUT2D eigenvalue weighted by Crippen LogP contribution is -2.22. The Hall–Kier alpha value is -1.36. The van der Waals surface area contributed by atoms with Gasteiger partial charge in [-0.25, -0.2) is 15.8 Å². The summed E-state index contributed by atoms with van der Waals surface area (Å²) in [5.41, 5.74) is 2.60. The lowest BCUT2D eigenvalue weighted by atomic mass is 10.1. The van der Waals surface area contributed by atoms with Crippen molar-refractivity contribution in [2.24, 2.45) is 11.8 Å². The average molecular weight is 251 g/mol. The number of hydrogen-bond acceptors (Lipinski definition) is 5. The molecule has 0 aliphatic carbocycles. The Morgan fingerprint density at radius 3 is 2.44 bits per heavy atom.